The van der Waals surface area contributed by atoms with Crippen molar-refractivity contribution in [1.82, 2.24) is 0 Å². The van der Waals surface area contributed by atoms with Crippen molar-refractivity contribution in [2.75, 3.05) is 0 Å². The second-order valence-corrected chi connectivity index (χ2v) is 7.05. The van der Waals surface area contributed by atoms with Crippen molar-refractivity contribution in [3.63, 3.8) is 0 Å². The van der Waals surface area contributed by atoms with Crippen LogP contribution in [0.2, 0.25) is 0 Å². The maximum absolute atomic E-state index is 2.53. The van der Waals surface area contributed by atoms with E-state index < -0.39 is 0 Å². The Kier molecular flexibility index (Phi) is 2.17. The van der Waals surface area contributed by atoms with Gasteiger partial charge in [-0.1, -0.05) is 78.9 Å². The maximum Gasteiger partial charge on any atom is 0.0444 e. The molecule has 0 aliphatic heterocycles. The molecule has 24 heavy (non-hydrogen) atoms. The minimum Gasteiger partial charge on any atom is -0.0620 e. The van der Waals surface area contributed by atoms with E-state index in [2.05, 4.69) is 84.9 Å². The number of fused-ring (bicyclic) bond motifs is 4. The lowest BCUT2D eigenvalue weighted by Gasteiger charge is -2.38. The van der Waals surface area contributed by atoms with Crippen LogP contribution in [-0.2, 0) is 11.8 Å². The summed E-state index contributed by atoms with van der Waals surface area (Å²) < 4.78 is 0. The fraction of sp³-hybridized carbons (Fsp3) is 0.0833. The zero-order chi connectivity index (χ0) is 15.7. The Morgan fingerprint density at radius 3 is 2.29 bits per heavy atom. The Bertz CT molecular complexity index is 1080. The van der Waals surface area contributed by atoms with Crippen molar-refractivity contribution in [2.45, 2.75) is 11.8 Å². The predicted octanol–water partition coefficient (Wildman–Crippen LogP) is 5.48. The molecule has 3 aliphatic carbocycles. The molecular formula is C24H16. The van der Waals surface area contributed by atoms with E-state index in [9.17, 15) is 0 Å². The average molecular weight is 304 g/mol. The summed E-state index contributed by atoms with van der Waals surface area (Å²) in [4.78, 5) is 0. The third-order valence-corrected chi connectivity index (χ3v) is 5.90. The van der Waals surface area contributed by atoms with Gasteiger partial charge in [-0.05, 0) is 57.0 Å². The second-order valence-electron chi connectivity index (χ2n) is 7.05. The molecule has 3 aromatic rings. The lowest BCUT2D eigenvalue weighted by Crippen LogP contribution is -2.30. The van der Waals surface area contributed by atoms with Crippen molar-refractivity contribution in [3.05, 3.63) is 112 Å². The molecule has 0 nitrogen and oxygen atoms in total. The summed E-state index contributed by atoms with van der Waals surface area (Å²) in [5.41, 5.74) is 11.4. The summed E-state index contributed by atoms with van der Waals surface area (Å²) in [6.07, 6.45) is 6.01. The first-order valence-corrected chi connectivity index (χ1v) is 8.59. The molecule has 0 radical (unpaired) electrons. The van der Waals surface area contributed by atoms with Gasteiger partial charge in [0, 0.05) is 5.41 Å². The summed E-state index contributed by atoms with van der Waals surface area (Å²) in [5.74, 6) is 0. The molecule has 2 bridgehead atoms. The summed E-state index contributed by atoms with van der Waals surface area (Å²) >= 11 is 0. The molecule has 3 aliphatic rings. The van der Waals surface area contributed by atoms with Crippen LogP contribution in [-0.4, -0.2) is 0 Å². The smallest absolute Gasteiger partial charge is 0.0444 e. The van der Waals surface area contributed by atoms with Crippen LogP contribution in [0.15, 0.2) is 78.9 Å². The Morgan fingerprint density at radius 2 is 1.38 bits per heavy atom. The zero-order valence-corrected chi connectivity index (χ0v) is 13.3. The van der Waals surface area contributed by atoms with E-state index >= 15 is 0 Å². The van der Waals surface area contributed by atoms with Gasteiger partial charge in [0.05, 0.1) is 0 Å². The molecule has 0 fully saturated rings. The van der Waals surface area contributed by atoms with Crippen LogP contribution in [0.1, 0.15) is 33.4 Å². The van der Waals surface area contributed by atoms with E-state index in [1.165, 1.54) is 44.5 Å². The highest BCUT2D eigenvalue weighted by molar-refractivity contribution is 6.07. The molecule has 0 saturated heterocycles. The molecule has 0 saturated carbocycles. The lowest BCUT2D eigenvalue weighted by molar-refractivity contribution is 0.689. The van der Waals surface area contributed by atoms with Gasteiger partial charge < -0.3 is 0 Å². The topological polar surface area (TPSA) is 0 Å². The number of benzene rings is 3. The van der Waals surface area contributed by atoms with Crippen LogP contribution in [0.5, 0.6) is 0 Å². The van der Waals surface area contributed by atoms with Gasteiger partial charge in [-0.2, -0.15) is 0 Å². The number of hydrogen-bond donors (Lipinski definition) is 0. The summed E-state index contributed by atoms with van der Waals surface area (Å²) in [7, 11) is 0. The van der Waals surface area contributed by atoms with Crippen molar-refractivity contribution in [1.29, 1.82) is 0 Å². The van der Waals surface area contributed by atoms with Crippen molar-refractivity contribution >= 4 is 17.2 Å². The van der Waals surface area contributed by atoms with E-state index in [-0.39, 0.29) is 5.41 Å². The van der Waals surface area contributed by atoms with Gasteiger partial charge in [-0.25, -0.2) is 0 Å². The highest BCUT2D eigenvalue weighted by Gasteiger charge is 2.47. The summed E-state index contributed by atoms with van der Waals surface area (Å²) in [6.45, 7) is 0. The highest BCUT2D eigenvalue weighted by Crippen LogP contribution is 2.59. The first-order chi connectivity index (χ1) is 11.9. The van der Waals surface area contributed by atoms with E-state index in [4.69, 9.17) is 0 Å². The average Bonchev–Trinajstić information content (AvgIpc) is 2.92. The summed E-state index contributed by atoms with van der Waals surface area (Å²) in [5, 5.41) is 0. The van der Waals surface area contributed by atoms with Crippen LogP contribution in [0.3, 0.4) is 0 Å². The standard InChI is InChI=1S/C24H16/c1-2-8-17-14-24-15-21(20-11-5-6-12-22(20)24)18-9-3-4-10-19(18)23(24)13-16(17)7-1/h1-13,15H,14H2. The van der Waals surface area contributed by atoms with Crippen LogP contribution in [0, 0.1) is 0 Å². The second kappa shape index (κ2) is 4.15. The number of hydrogen-bond acceptors (Lipinski definition) is 0. The molecule has 6 rings (SSSR count). The highest BCUT2D eigenvalue weighted by atomic mass is 14.5. The molecule has 0 aromatic heterocycles. The largest absolute Gasteiger partial charge is 0.0620 e. The minimum atomic E-state index is 0.00856. The molecule has 1 unspecified atom stereocenters. The minimum absolute atomic E-state index is 0.00856. The molecule has 1 atom stereocenters. The fourth-order valence-corrected chi connectivity index (χ4v) is 4.89. The number of allylic oxidation sites excluding steroid dienone is 2. The fourth-order valence-electron chi connectivity index (χ4n) is 4.89. The molecule has 0 heterocycles. The lowest BCUT2D eigenvalue weighted by atomic mass is 9.64. The zero-order valence-electron chi connectivity index (χ0n) is 13.3. The predicted molar refractivity (Wildman–Crippen MR) is 99.7 cm³/mol. The van der Waals surface area contributed by atoms with Gasteiger partial charge in [-0.3, -0.25) is 0 Å². The van der Waals surface area contributed by atoms with Crippen LogP contribution < -0.4 is 0 Å². The number of rotatable bonds is 0. The van der Waals surface area contributed by atoms with Crippen molar-refractivity contribution in [2.24, 2.45) is 0 Å². The van der Waals surface area contributed by atoms with Gasteiger partial charge in [0.2, 0.25) is 0 Å². The Labute approximate surface area is 141 Å². The van der Waals surface area contributed by atoms with E-state index in [1.807, 2.05) is 0 Å². The quantitative estimate of drug-likeness (QED) is 0.516. The van der Waals surface area contributed by atoms with E-state index in [1.54, 1.807) is 0 Å². The molecule has 112 valence electrons. The first kappa shape index (κ1) is 12.5. The molecular weight excluding hydrogens is 288 g/mol. The molecule has 0 heteroatoms. The third-order valence-electron chi connectivity index (χ3n) is 5.90. The molecule has 0 N–H and O–H groups in total. The Hall–Kier alpha value is -2.86. The Balaban J connectivity index is 1.78. The van der Waals surface area contributed by atoms with Gasteiger partial charge >= 0.3 is 0 Å². The van der Waals surface area contributed by atoms with Gasteiger partial charge in [0.1, 0.15) is 0 Å². The maximum atomic E-state index is 2.53. The molecule has 0 amide bonds. The molecule has 3 aromatic carbocycles. The SMILES string of the molecule is C1=C2c3ccccc3C3=Cc4ccccc4CC13c1ccccc12. The Morgan fingerprint density at radius 1 is 0.667 bits per heavy atom. The van der Waals surface area contributed by atoms with Gasteiger partial charge in [-0.15, -0.1) is 0 Å². The normalized spacial score (nSPS) is 21.8. The van der Waals surface area contributed by atoms with Crippen molar-refractivity contribution in [3.8, 4) is 0 Å². The van der Waals surface area contributed by atoms with Crippen LogP contribution in [0.4, 0.5) is 0 Å². The van der Waals surface area contributed by atoms with E-state index in [0.717, 1.165) is 6.42 Å². The van der Waals surface area contributed by atoms with Gasteiger partial charge in [0.25, 0.3) is 0 Å². The first-order valence-electron chi connectivity index (χ1n) is 8.59. The van der Waals surface area contributed by atoms with Crippen molar-refractivity contribution < 1.29 is 0 Å². The summed E-state index contributed by atoms with van der Waals surface area (Å²) in [6, 6.07) is 26.7. The molecule has 1 spiro atoms. The third kappa shape index (κ3) is 1.36. The van der Waals surface area contributed by atoms with E-state index in [0.29, 0.717) is 0 Å². The monoisotopic (exact) mass is 304 g/mol. The van der Waals surface area contributed by atoms with Gasteiger partial charge in [0.15, 0.2) is 0 Å². The van der Waals surface area contributed by atoms with Crippen LogP contribution in [0.25, 0.3) is 17.2 Å². The van der Waals surface area contributed by atoms with Crippen LogP contribution >= 0.6 is 0 Å².